The Morgan fingerprint density at radius 2 is 1.72 bits per heavy atom. The highest BCUT2D eigenvalue weighted by Crippen LogP contribution is 2.48. The van der Waals surface area contributed by atoms with E-state index in [0.29, 0.717) is 6.42 Å². The van der Waals surface area contributed by atoms with Crippen molar-refractivity contribution >= 4 is 29.0 Å². The standard InChI is InChI=1S/C12H14Cl2O4/c1-3-4-5-6(15)7-10(16)8(13)12(18-2)9(14)11(7)17/h16-17H,3-5H2,1-2H3. The number of phenols is 2. The van der Waals surface area contributed by atoms with Crippen LogP contribution in [-0.4, -0.2) is 23.1 Å². The third-order valence-electron chi connectivity index (χ3n) is 2.53. The molecule has 0 amide bonds. The minimum atomic E-state index is -0.503. The summed E-state index contributed by atoms with van der Waals surface area (Å²) in [4.78, 5) is 11.9. The van der Waals surface area contributed by atoms with Gasteiger partial charge in [0, 0.05) is 6.42 Å². The third kappa shape index (κ3) is 2.65. The molecule has 0 fully saturated rings. The van der Waals surface area contributed by atoms with Gasteiger partial charge in [-0.25, -0.2) is 0 Å². The molecular weight excluding hydrogens is 279 g/mol. The Morgan fingerprint density at radius 1 is 1.22 bits per heavy atom. The average Bonchev–Trinajstić information content (AvgIpc) is 2.35. The van der Waals surface area contributed by atoms with E-state index in [1.165, 1.54) is 7.11 Å². The molecule has 6 heteroatoms. The minimum Gasteiger partial charge on any atom is -0.505 e. The number of benzene rings is 1. The van der Waals surface area contributed by atoms with E-state index in [0.717, 1.165) is 6.42 Å². The van der Waals surface area contributed by atoms with E-state index in [2.05, 4.69) is 0 Å². The van der Waals surface area contributed by atoms with E-state index in [1.54, 1.807) is 0 Å². The molecule has 18 heavy (non-hydrogen) atoms. The molecule has 0 spiro atoms. The van der Waals surface area contributed by atoms with Gasteiger partial charge in [0.2, 0.25) is 0 Å². The van der Waals surface area contributed by atoms with E-state index in [9.17, 15) is 15.0 Å². The molecule has 0 heterocycles. The molecule has 1 aromatic carbocycles. The van der Waals surface area contributed by atoms with Crippen molar-refractivity contribution in [3.05, 3.63) is 15.6 Å². The van der Waals surface area contributed by atoms with Crippen molar-refractivity contribution in [3.8, 4) is 17.2 Å². The molecule has 4 nitrogen and oxygen atoms in total. The predicted octanol–water partition coefficient (Wildman–Crippen LogP) is 3.79. The summed E-state index contributed by atoms with van der Waals surface area (Å²) < 4.78 is 4.86. The molecule has 0 aliphatic carbocycles. The summed E-state index contributed by atoms with van der Waals surface area (Å²) in [6.07, 6.45) is 1.68. The number of ether oxygens (including phenoxy) is 1. The number of unbranched alkanes of at least 4 members (excludes halogenated alkanes) is 1. The number of methoxy groups -OCH3 is 1. The number of aromatic hydroxyl groups is 2. The Kier molecular flexibility index (Phi) is 5.11. The van der Waals surface area contributed by atoms with Crippen LogP contribution in [0.4, 0.5) is 0 Å². The van der Waals surface area contributed by atoms with Crippen LogP contribution >= 0.6 is 23.2 Å². The molecule has 1 rings (SSSR count). The van der Waals surface area contributed by atoms with E-state index < -0.39 is 17.3 Å². The van der Waals surface area contributed by atoms with Crippen molar-refractivity contribution in [2.24, 2.45) is 0 Å². The number of carbonyl (C=O) groups is 1. The van der Waals surface area contributed by atoms with Gasteiger partial charge in [0.25, 0.3) is 0 Å². The lowest BCUT2D eigenvalue weighted by atomic mass is 10.0. The van der Waals surface area contributed by atoms with Gasteiger partial charge >= 0.3 is 0 Å². The van der Waals surface area contributed by atoms with Crippen molar-refractivity contribution in [3.63, 3.8) is 0 Å². The fourth-order valence-corrected chi connectivity index (χ4v) is 2.13. The second-order valence-electron chi connectivity index (χ2n) is 3.76. The lowest BCUT2D eigenvalue weighted by molar-refractivity contribution is 0.0974. The molecule has 0 saturated carbocycles. The first-order chi connectivity index (χ1) is 8.45. The molecule has 0 aliphatic rings. The highest BCUT2D eigenvalue weighted by Gasteiger charge is 2.26. The first kappa shape index (κ1) is 14.9. The maximum absolute atomic E-state index is 11.9. The quantitative estimate of drug-likeness (QED) is 0.811. The highest BCUT2D eigenvalue weighted by molar-refractivity contribution is 6.40. The lowest BCUT2D eigenvalue weighted by Gasteiger charge is -2.13. The average molecular weight is 293 g/mol. The summed E-state index contributed by atoms with van der Waals surface area (Å²) in [6.45, 7) is 1.93. The van der Waals surface area contributed by atoms with Gasteiger partial charge in [0.15, 0.2) is 23.0 Å². The van der Waals surface area contributed by atoms with E-state index >= 15 is 0 Å². The first-order valence-electron chi connectivity index (χ1n) is 5.45. The number of rotatable bonds is 5. The molecular formula is C12H14Cl2O4. The first-order valence-corrected chi connectivity index (χ1v) is 6.21. The van der Waals surface area contributed by atoms with Crippen molar-refractivity contribution in [1.82, 2.24) is 0 Å². The molecule has 0 radical (unpaired) electrons. The number of carbonyl (C=O) groups excluding carboxylic acids is 1. The van der Waals surface area contributed by atoms with Crippen LogP contribution in [-0.2, 0) is 0 Å². The van der Waals surface area contributed by atoms with Gasteiger partial charge in [0.05, 0.1) is 7.11 Å². The van der Waals surface area contributed by atoms with Crippen LogP contribution in [0.25, 0.3) is 0 Å². The molecule has 2 N–H and O–H groups in total. The zero-order chi connectivity index (χ0) is 13.9. The summed E-state index contributed by atoms with van der Waals surface area (Å²) in [5.41, 5.74) is -0.251. The van der Waals surface area contributed by atoms with Gasteiger partial charge in [-0.3, -0.25) is 4.79 Å². The van der Waals surface area contributed by atoms with Crippen molar-refractivity contribution in [2.75, 3.05) is 7.11 Å². The Hall–Kier alpha value is -1.13. The number of ketones is 1. The van der Waals surface area contributed by atoms with E-state index in [4.69, 9.17) is 27.9 Å². The van der Waals surface area contributed by atoms with Crippen LogP contribution in [0.5, 0.6) is 17.2 Å². The number of halogens is 2. The van der Waals surface area contributed by atoms with Gasteiger partial charge in [-0.15, -0.1) is 0 Å². The summed E-state index contributed by atoms with van der Waals surface area (Å²) in [6, 6.07) is 0. The van der Waals surface area contributed by atoms with Crippen LogP contribution in [0, 0.1) is 0 Å². The highest BCUT2D eigenvalue weighted by atomic mass is 35.5. The Balaban J connectivity index is 3.33. The van der Waals surface area contributed by atoms with Crippen LogP contribution < -0.4 is 4.74 Å². The predicted molar refractivity (Wildman–Crippen MR) is 70.2 cm³/mol. The Morgan fingerprint density at radius 3 is 2.11 bits per heavy atom. The Labute approximate surface area is 115 Å². The maximum Gasteiger partial charge on any atom is 0.170 e. The maximum atomic E-state index is 11.9. The van der Waals surface area contributed by atoms with Gasteiger partial charge in [-0.1, -0.05) is 36.5 Å². The van der Waals surface area contributed by atoms with Crippen LogP contribution in [0.15, 0.2) is 0 Å². The van der Waals surface area contributed by atoms with Crippen molar-refractivity contribution < 1.29 is 19.7 Å². The van der Waals surface area contributed by atoms with Crippen LogP contribution in [0.3, 0.4) is 0 Å². The summed E-state index contributed by atoms with van der Waals surface area (Å²) in [5.74, 6) is -1.47. The summed E-state index contributed by atoms with van der Waals surface area (Å²) >= 11 is 11.7. The second kappa shape index (κ2) is 6.16. The minimum absolute atomic E-state index is 0.0552. The fraction of sp³-hybridized carbons (Fsp3) is 0.417. The smallest absolute Gasteiger partial charge is 0.170 e. The van der Waals surface area contributed by atoms with Gasteiger partial charge in [-0.05, 0) is 6.42 Å². The molecule has 0 bridgehead atoms. The van der Waals surface area contributed by atoms with Crippen LogP contribution in [0.2, 0.25) is 10.0 Å². The van der Waals surface area contributed by atoms with Gasteiger partial charge in [0.1, 0.15) is 15.6 Å². The lowest BCUT2D eigenvalue weighted by Crippen LogP contribution is -2.02. The van der Waals surface area contributed by atoms with E-state index in [-0.39, 0.29) is 27.8 Å². The Bertz CT molecular complexity index is 443. The molecule has 0 aliphatic heterocycles. The zero-order valence-electron chi connectivity index (χ0n) is 10.1. The van der Waals surface area contributed by atoms with Crippen molar-refractivity contribution in [2.45, 2.75) is 26.2 Å². The number of phenolic OH excluding ortho intramolecular Hbond substituents is 2. The largest absolute Gasteiger partial charge is 0.505 e. The summed E-state index contributed by atoms with van der Waals surface area (Å²) in [7, 11) is 1.30. The zero-order valence-corrected chi connectivity index (χ0v) is 11.6. The second-order valence-corrected chi connectivity index (χ2v) is 4.52. The van der Waals surface area contributed by atoms with Gasteiger partial charge in [-0.2, -0.15) is 0 Å². The summed E-state index contributed by atoms with van der Waals surface area (Å²) in [5, 5.41) is 19.3. The molecule has 0 atom stereocenters. The number of Topliss-reactive ketones (excluding diaryl/α,β-unsaturated/α-hetero) is 1. The number of hydrogen-bond donors (Lipinski definition) is 2. The topological polar surface area (TPSA) is 66.8 Å². The van der Waals surface area contributed by atoms with Crippen LogP contribution in [0.1, 0.15) is 36.5 Å². The van der Waals surface area contributed by atoms with E-state index in [1.807, 2.05) is 6.92 Å². The molecule has 0 unspecified atom stereocenters. The third-order valence-corrected chi connectivity index (χ3v) is 3.23. The monoisotopic (exact) mass is 292 g/mol. The SMILES string of the molecule is CCCCC(=O)c1c(O)c(Cl)c(OC)c(Cl)c1O. The normalized spacial score (nSPS) is 10.4. The fourth-order valence-electron chi connectivity index (χ4n) is 1.55. The number of hydrogen-bond acceptors (Lipinski definition) is 4. The van der Waals surface area contributed by atoms with Crippen molar-refractivity contribution in [1.29, 1.82) is 0 Å². The molecule has 0 saturated heterocycles. The molecule has 100 valence electrons. The van der Waals surface area contributed by atoms with Gasteiger partial charge < -0.3 is 14.9 Å². The molecule has 0 aromatic heterocycles. The molecule has 1 aromatic rings.